The number of halogens is 6. The lowest BCUT2D eigenvalue weighted by Crippen LogP contribution is -2.50. The molecule has 2 nitrogen and oxygen atoms in total. The third-order valence-corrected chi connectivity index (χ3v) is 6.01. The minimum atomic E-state index is -4.05. The molecule has 0 saturated heterocycles. The predicted octanol–water partition coefficient (Wildman–Crippen LogP) is 5.93. The van der Waals surface area contributed by atoms with Gasteiger partial charge in [0.1, 0.15) is 0 Å². The number of fused-ring (bicyclic) bond motifs is 2. The molecule has 0 N–H and O–H groups in total. The molecule has 3 heterocycles. The largest absolute Gasteiger partial charge is 0.738 e. The van der Waals surface area contributed by atoms with E-state index in [-0.39, 0.29) is 9.22 Å². The third-order valence-electron chi connectivity index (χ3n) is 4.08. The highest BCUT2D eigenvalue weighted by Crippen LogP contribution is 2.45. The van der Waals surface area contributed by atoms with Gasteiger partial charge in [0.25, 0.3) is 0 Å². The molecule has 1 aromatic heterocycles. The monoisotopic (exact) mass is 492 g/mol. The van der Waals surface area contributed by atoms with Crippen molar-refractivity contribution in [1.29, 1.82) is 0 Å². The normalized spacial score (nSPS) is 18.2. The van der Waals surface area contributed by atoms with Gasteiger partial charge in [-0.1, -0.05) is 29.3 Å². The summed E-state index contributed by atoms with van der Waals surface area (Å²) >= 11 is 19.1. The molecule has 2 aliphatic heterocycles. The molecule has 2 aliphatic rings. The molecule has 24 heavy (non-hydrogen) atoms. The second-order valence-corrected chi connectivity index (χ2v) is 7.82. The molecule has 0 unspecified atom stereocenters. The van der Waals surface area contributed by atoms with Gasteiger partial charge < -0.3 is 17.6 Å². The first-order valence-corrected chi connectivity index (χ1v) is 9.26. The first-order chi connectivity index (χ1) is 11.3. The molecule has 0 radical (unpaired) electrons. The Labute approximate surface area is 163 Å². The molecular formula is C15H7BBr2Cl2F2N2. The Bertz CT molecular complexity index is 975. The van der Waals surface area contributed by atoms with E-state index >= 15 is 8.63 Å². The van der Waals surface area contributed by atoms with Crippen LogP contribution in [0.5, 0.6) is 0 Å². The molecule has 4 rings (SSSR count). The molecule has 0 saturated carbocycles. The van der Waals surface area contributed by atoms with E-state index in [2.05, 4.69) is 31.9 Å². The summed E-state index contributed by atoms with van der Waals surface area (Å²) in [6.07, 6.45) is 3.23. The van der Waals surface area contributed by atoms with E-state index in [0.29, 0.717) is 32.6 Å². The van der Waals surface area contributed by atoms with Crippen LogP contribution in [-0.2, 0) is 0 Å². The maximum absolute atomic E-state index is 15.1. The van der Waals surface area contributed by atoms with Crippen molar-refractivity contribution < 1.29 is 13.1 Å². The number of hydrogen-bond donors (Lipinski definition) is 0. The second kappa shape index (κ2) is 5.56. The maximum Gasteiger partial charge on any atom is 0.738 e. The van der Waals surface area contributed by atoms with Crippen LogP contribution >= 0.6 is 55.1 Å². The number of benzene rings is 1. The van der Waals surface area contributed by atoms with Crippen LogP contribution in [0, 0.1) is 0 Å². The summed E-state index contributed by atoms with van der Waals surface area (Å²) in [4.78, 5) is 0. The van der Waals surface area contributed by atoms with Gasteiger partial charge in [-0.3, -0.25) is 0 Å². The zero-order valence-corrected chi connectivity index (χ0v) is 16.5. The smallest absolute Gasteiger partial charge is 0.389 e. The Morgan fingerprint density at radius 1 is 1.00 bits per heavy atom. The number of nitrogens with zero attached hydrogens (tertiary/aromatic N) is 2. The Balaban J connectivity index is 2.17. The van der Waals surface area contributed by atoms with Crippen molar-refractivity contribution in [3.63, 3.8) is 0 Å². The van der Waals surface area contributed by atoms with Crippen molar-refractivity contribution in [2.24, 2.45) is 0 Å². The van der Waals surface area contributed by atoms with Crippen LogP contribution in [0.3, 0.4) is 0 Å². The summed E-state index contributed by atoms with van der Waals surface area (Å²) in [7, 11) is 0. The number of allylic oxidation sites excluding steroid dienone is 2. The number of aromatic nitrogens is 1. The molecule has 0 amide bonds. The summed E-state index contributed by atoms with van der Waals surface area (Å²) in [5.41, 5.74) is 1.82. The zero-order chi connectivity index (χ0) is 17.2. The van der Waals surface area contributed by atoms with E-state index in [1.165, 1.54) is 0 Å². The first-order valence-electron chi connectivity index (χ1n) is 6.92. The lowest BCUT2D eigenvalue weighted by atomic mass is 9.86. The average Bonchev–Trinajstić information content (AvgIpc) is 3.07. The lowest BCUT2D eigenvalue weighted by molar-refractivity contribution is -0.358. The van der Waals surface area contributed by atoms with Gasteiger partial charge in [0.05, 0.1) is 20.2 Å². The quantitative estimate of drug-likeness (QED) is 0.434. The van der Waals surface area contributed by atoms with Gasteiger partial charge in [-0.05, 0) is 40.2 Å². The minimum absolute atomic E-state index is 0.287. The molecule has 2 aromatic rings. The predicted molar refractivity (Wildman–Crippen MR) is 101 cm³/mol. The molecule has 0 atom stereocenters. The first kappa shape index (κ1) is 16.6. The van der Waals surface area contributed by atoms with Crippen LogP contribution in [0.1, 0.15) is 11.3 Å². The van der Waals surface area contributed by atoms with E-state index in [1.54, 1.807) is 42.5 Å². The average molecular weight is 495 g/mol. The Morgan fingerprint density at radius 3 is 2.33 bits per heavy atom. The SMILES string of the molecule is F[B-]1(F)n2c(Br)ccc2C(c2c(Cl)cccc2Cl)=C2C=CC(Br)=[N+]21. The van der Waals surface area contributed by atoms with Crippen LogP contribution in [0.25, 0.3) is 5.57 Å². The minimum Gasteiger partial charge on any atom is -0.389 e. The summed E-state index contributed by atoms with van der Waals surface area (Å²) in [6, 6.07) is 8.34. The van der Waals surface area contributed by atoms with Gasteiger partial charge in [-0.25, -0.2) is 0 Å². The van der Waals surface area contributed by atoms with Crippen LogP contribution in [0.2, 0.25) is 10.0 Å². The van der Waals surface area contributed by atoms with Crippen molar-refractivity contribution in [3.8, 4) is 0 Å². The summed E-state index contributed by atoms with van der Waals surface area (Å²) < 4.78 is 32.8. The van der Waals surface area contributed by atoms with Crippen LogP contribution < -0.4 is 0 Å². The lowest BCUT2D eigenvalue weighted by Gasteiger charge is -2.32. The Morgan fingerprint density at radius 2 is 1.67 bits per heavy atom. The molecule has 0 aliphatic carbocycles. The fraction of sp³-hybridized carbons (Fsp3) is 0. The van der Waals surface area contributed by atoms with Crippen molar-refractivity contribution in [2.75, 3.05) is 0 Å². The highest BCUT2D eigenvalue weighted by molar-refractivity contribution is 9.18. The summed E-state index contributed by atoms with van der Waals surface area (Å²) in [5, 5.41) is 0.811. The van der Waals surface area contributed by atoms with E-state index in [4.69, 9.17) is 23.2 Å². The van der Waals surface area contributed by atoms with Crippen molar-refractivity contribution in [3.05, 3.63) is 74.1 Å². The van der Waals surface area contributed by atoms with Gasteiger partial charge in [0.2, 0.25) is 4.62 Å². The van der Waals surface area contributed by atoms with Crippen molar-refractivity contribution >= 4 is 72.2 Å². The molecular weight excluding hydrogens is 488 g/mol. The second-order valence-electron chi connectivity index (χ2n) is 5.38. The van der Waals surface area contributed by atoms with E-state index in [1.807, 2.05) is 0 Å². The highest BCUT2D eigenvalue weighted by Gasteiger charge is 2.54. The van der Waals surface area contributed by atoms with Gasteiger partial charge >= 0.3 is 6.97 Å². The van der Waals surface area contributed by atoms with Crippen LogP contribution in [-0.4, -0.2) is 20.6 Å². The van der Waals surface area contributed by atoms with Crippen molar-refractivity contribution in [2.45, 2.75) is 0 Å². The maximum atomic E-state index is 15.1. The van der Waals surface area contributed by atoms with Crippen LogP contribution in [0.4, 0.5) is 8.63 Å². The fourth-order valence-corrected chi connectivity index (χ4v) is 4.85. The zero-order valence-electron chi connectivity index (χ0n) is 11.8. The molecule has 0 fully saturated rings. The third kappa shape index (κ3) is 2.14. The number of rotatable bonds is 1. The summed E-state index contributed by atoms with van der Waals surface area (Å²) in [6.45, 7) is -4.05. The van der Waals surface area contributed by atoms with Gasteiger partial charge in [0, 0.05) is 39.3 Å². The highest BCUT2D eigenvalue weighted by atomic mass is 79.9. The van der Waals surface area contributed by atoms with Gasteiger partial charge in [0.15, 0.2) is 5.70 Å². The van der Waals surface area contributed by atoms with E-state index in [0.717, 1.165) is 8.96 Å². The summed E-state index contributed by atoms with van der Waals surface area (Å²) in [5.74, 6) is 0. The molecule has 0 bridgehead atoms. The van der Waals surface area contributed by atoms with Gasteiger partial charge in [-0.15, -0.1) is 0 Å². The van der Waals surface area contributed by atoms with E-state index in [9.17, 15) is 0 Å². The van der Waals surface area contributed by atoms with Gasteiger partial charge in [-0.2, -0.15) is 0 Å². The standard InChI is InChI=1S/C15H7BBr2Cl2F2N2/c17-12-6-4-10-15(14-8(19)2-1-3-9(14)20)11-5-7-13(18)24(11)16(21,22)23(10)12/h1-7H. The Kier molecular flexibility index (Phi) is 3.84. The fourth-order valence-electron chi connectivity index (χ4n) is 3.13. The Hall–Kier alpha value is -0.885. The molecule has 122 valence electrons. The topological polar surface area (TPSA) is 7.94 Å². The molecule has 0 spiro atoms. The van der Waals surface area contributed by atoms with Crippen molar-refractivity contribution in [1.82, 2.24) is 4.48 Å². The van der Waals surface area contributed by atoms with Crippen LogP contribution in [0.15, 0.2) is 52.8 Å². The number of hydrogen-bond acceptors (Lipinski definition) is 0. The van der Waals surface area contributed by atoms with E-state index < -0.39 is 6.97 Å². The molecule has 1 aromatic carbocycles. The molecule has 9 heteroatoms.